The van der Waals surface area contributed by atoms with Crippen molar-refractivity contribution < 1.29 is 9.18 Å². The van der Waals surface area contributed by atoms with Gasteiger partial charge < -0.3 is 5.32 Å². The molecule has 0 bridgehead atoms. The van der Waals surface area contributed by atoms with Gasteiger partial charge >= 0.3 is 0 Å². The summed E-state index contributed by atoms with van der Waals surface area (Å²) in [4.78, 5) is 18.9. The van der Waals surface area contributed by atoms with Gasteiger partial charge in [-0.3, -0.25) is 9.78 Å². The lowest BCUT2D eigenvalue weighted by Gasteiger charge is -2.03. The molecular weight excluding hydrogens is 209 g/mol. The average molecular weight is 217 g/mol. The maximum atomic E-state index is 12.7. The van der Waals surface area contributed by atoms with Crippen molar-refractivity contribution in [1.82, 2.24) is 9.97 Å². The van der Waals surface area contributed by atoms with Crippen molar-refractivity contribution in [2.75, 3.05) is 5.32 Å². The van der Waals surface area contributed by atoms with Crippen molar-refractivity contribution in [2.45, 2.75) is 0 Å². The van der Waals surface area contributed by atoms with Gasteiger partial charge in [0.2, 0.25) is 5.95 Å². The summed E-state index contributed by atoms with van der Waals surface area (Å²) in [5.41, 5.74) is 0.445. The standard InChI is InChI=1S/C11H8FN3O/c12-9-2-1-3-10(14-9)15-11(16)8-4-6-13-7-5-8/h1-7H,(H,14,15,16). The highest BCUT2D eigenvalue weighted by Gasteiger charge is 2.06. The Morgan fingerprint density at radius 1 is 1.19 bits per heavy atom. The number of amides is 1. The van der Waals surface area contributed by atoms with E-state index in [9.17, 15) is 9.18 Å². The second kappa shape index (κ2) is 4.48. The Bertz CT molecular complexity index is 502. The molecule has 0 aromatic carbocycles. The van der Waals surface area contributed by atoms with E-state index in [2.05, 4.69) is 15.3 Å². The van der Waals surface area contributed by atoms with Crippen LogP contribution in [0.4, 0.5) is 10.2 Å². The van der Waals surface area contributed by atoms with Gasteiger partial charge in [-0.2, -0.15) is 4.39 Å². The minimum atomic E-state index is -0.632. The van der Waals surface area contributed by atoms with Gasteiger partial charge in [-0.25, -0.2) is 4.98 Å². The lowest BCUT2D eigenvalue weighted by atomic mass is 10.2. The highest BCUT2D eigenvalue weighted by molar-refractivity contribution is 6.03. The third-order valence-electron chi connectivity index (χ3n) is 1.90. The highest BCUT2D eigenvalue weighted by Crippen LogP contribution is 2.06. The Morgan fingerprint density at radius 2 is 1.94 bits per heavy atom. The summed E-state index contributed by atoms with van der Waals surface area (Å²) in [6.07, 6.45) is 3.02. The third-order valence-corrected chi connectivity index (χ3v) is 1.90. The summed E-state index contributed by atoms with van der Waals surface area (Å²) in [7, 11) is 0. The first-order valence-corrected chi connectivity index (χ1v) is 4.59. The number of carbonyl (C=O) groups is 1. The highest BCUT2D eigenvalue weighted by atomic mass is 19.1. The first kappa shape index (κ1) is 10.2. The van der Waals surface area contributed by atoms with Gasteiger partial charge in [-0.05, 0) is 24.3 Å². The Balaban J connectivity index is 2.14. The van der Waals surface area contributed by atoms with Gasteiger partial charge in [0.1, 0.15) is 5.82 Å². The van der Waals surface area contributed by atoms with Crippen LogP contribution in [-0.4, -0.2) is 15.9 Å². The maximum Gasteiger partial charge on any atom is 0.256 e. The molecule has 80 valence electrons. The smallest absolute Gasteiger partial charge is 0.256 e. The van der Waals surface area contributed by atoms with E-state index >= 15 is 0 Å². The first-order valence-electron chi connectivity index (χ1n) is 4.59. The predicted octanol–water partition coefficient (Wildman–Crippen LogP) is 1.87. The van der Waals surface area contributed by atoms with E-state index in [-0.39, 0.29) is 11.7 Å². The van der Waals surface area contributed by atoms with E-state index in [0.717, 1.165) is 0 Å². The molecule has 0 atom stereocenters. The molecule has 2 heterocycles. The van der Waals surface area contributed by atoms with E-state index in [0.29, 0.717) is 5.56 Å². The van der Waals surface area contributed by atoms with Crippen molar-refractivity contribution in [2.24, 2.45) is 0 Å². The molecule has 0 fully saturated rings. The number of aromatic nitrogens is 2. The van der Waals surface area contributed by atoms with E-state index in [4.69, 9.17) is 0 Å². The number of nitrogens with zero attached hydrogens (tertiary/aromatic N) is 2. The fourth-order valence-corrected chi connectivity index (χ4v) is 1.17. The van der Waals surface area contributed by atoms with Gasteiger partial charge in [0.15, 0.2) is 0 Å². The molecule has 0 saturated carbocycles. The molecule has 1 amide bonds. The van der Waals surface area contributed by atoms with Crippen molar-refractivity contribution in [3.8, 4) is 0 Å². The number of halogens is 1. The Morgan fingerprint density at radius 3 is 2.62 bits per heavy atom. The van der Waals surface area contributed by atoms with Gasteiger partial charge in [-0.15, -0.1) is 0 Å². The topological polar surface area (TPSA) is 54.9 Å². The van der Waals surface area contributed by atoms with E-state index in [1.54, 1.807) is 12.1 Å². The molecule has 2 aromatic heterocycles. The minimum Gasteiger partial charge on any atom is -0.306 e. The minimum absolute atomic E-state index is 0.182. The van der Waals surface area contributed by atoms with E-state index in [1.807, 2.05) is 0 Å². The number of hydrogen-bond acceptors (Lipinski definition) is 3. The van der Waals surface area contributed by atoms with Crippen LogP contribution in [0.25, 0.3) is 0 Å². The normalized spacial score (nSPS) is 9.81. The van der Waals surface area contributed by atoms with Crippen LogP contribution in [0.3, 0.4) is 0 Å². The molecule has 4 nitrogen and oxygen atoms in total. The molecule has 5 heteroatoms. The van der Waals surface area contributed by atoms with Crippen molar-refractivity contribution in [3.63, 3.8) is 0 Å². The molecule has 0 aliphatic heterocycles. The molecule has 0 radical (unpaired) electrons. The molecule has 16 heavy (non-hydrogen) atoms. The average Bonchev–Trinajstić information content (AvgIpc) is 2.30. The van der Waals surface area contributed by atoms with Crippen LogP contribution in [0.2, 0.25) is 0 Å². The van der Waals surface area contributed by atoms with E-state index in [1.165, 1.54) is 30.6 Å². The largest absolute Gasteiger partial charge is 0.306 e. The summed E-state index contributed by atoms with van der Waals surface area (Å²) in [6, 6.07) is 7.33. The van der Waals surface area contributed by atoms with Crippen LogP contribution in [0.1, 0.15) is 10.4 Å². The van der Waals surface area contributed by atoms with Gasteiger partial charge in [0.05, 0.1) is 0 Å². The van der Waals surface area contributed by atoms with Crippen molar-refractivity contribution >= 4 is 11.7 Å². The van der Waals surface area contributed by atoms with Crippen LogP contribution in [0.15, 0.2) is 42.7 Å². The molecular formula is C11H8FN3O. The Kier molecular flexibility index (Phi) is 2.86. The quantitative estimate of drug-likeness (QED) is 0.781. The summed E-state index contributed by atoms with van der Waals surface area (Å²) in [5, 5.41) is 2.48. The second-order valence-electron chi connectivity index (χ2n) is 3.04. The predicted molar refractivity (Wildman–Crippen MR) is 56.4 cm³/mol. The fraction of sp³-hybridized carbons (Fsp3) is 0. The van der Waals surface area contributed by atoms with Gasteiger partial charge in [-0.1, -0.05) is 6.07 Å². The van der Waals surface area contributed by atoms with Crippen molar-refractivity contribution in [3.05, 3.63) is 54.2 Å². The van der Waals surface area contributed by atoms with Crippen LogP contribution in [0, 0.1) is 5.95 Å². The number of hydrogen-bond donors (Lipinski definition) is 1. The summed E-state index contributed by atoms with van der Waals surface area (Å²) < 4.78 is 12.7. The number of rotatable bonds is 2. The lowest BCUT2D eigenvalue weighted by Crippen LogP contribution is -2.13. The maximum absolute atomic E-state index is 12.7. The SMILES string of the molecule is O=C(Nc1cccc(F)n1)c1ccncc1. The molecule has 0 aliphatic carbocycles. The van der Waals surface area contributed by atoms with Gasteiger partial charge in [0.25, 0.3) is 5.91 Å². The molecule has 2 aromatic rings. The number of carbonyl (C=O) groups excluding carboxylic acids is 1. The monoisotopic (exact) mass is 217 g/mol. The fourth-order valence-electron chi connectivity index (χ4n) is 1.17. The molecule has 0 spiro atoms. The number of anilines is 1. The first-order chi connectivity index (χ1) is 7.75. The second-order valence-corrected chi connectivity index (χ2v) is 3.04. The molecule has 1 N–H and O–H groups in total. The van der Waals surface area contributed by atoms with Gasteiger partial charge in [0, 0.05) is 18.0 Å². The van der Waals surface area contributed by atoms with Crippen LogP contribution >= 0.6 is 0 Å². The molecule has 2 rings (SSSR count). The number of pyridine rings is 2. The Labute approximate surface area is 91.2 Å². The zero-order chi connectivity index (χ0) is 11.4. The molecule has 0 unspecified atom stereocenters. The summed E-state index contributed by atoms with van der Waals surface area (Å²) in [5.74, 6) is -0.796. The molecule has 0 aliphatic rings. The Hall–Kier alpha value is -2.30. The zero-order valence-corrected chi connectivity index (χ0v) is 8.22. The van der Waals surface area contributed by atoms with Crippen LogP contribution < -0.4 is 5.32 Å². The third kappa shape index (κ3) is 2.38. The van der Waals surface area contributed by atoms with Crippen LogP contribution in [0.5, 0.6) is 0 Å². The lowest BCUT2D eigenvalue weighted by molar-refractivity contribution is 0.102. The van der Waals surface area contributed by atoms with Crippen molar-refractivity contribution in [1.29, 1.82) is 0 Å². The zero-order valence-electron chi connectivity index (χ0n) is 8.22. The van der Waals surface area contributed by atoms with Crippen LogP contribution in [-0.2, 0) is 0 Å². The molecule has 0 saturated heterocycles. The number of nitrogens with one attached hydrogen (secondary N) is 1. The summed E-state index contributed by atoms with van der Waals surface area (Å²) >= 11 is 0. The summed E-state index contributed by atoms with van der Waals surface area (Å²) in [6.45, 7) is 0. The van der Waals surface area contributed by atoms with E-state index < -0.39 is 5.95 Å².